The molecule has 0 bridgehead atoms. The monoisotopic (exact) mass is 327 g/mol. The maximum Gasteiger partial charge on any atom is 0.244 e. The molecule has 7 nitrogen and oxygen atoms in total. The fraction of sp³-hybridized carbons (Fsp3) is 0.786. The second-order valence-electron chi connectivity index (χ2n) is 6.09. The van der Waals surface area contributed by atoms with Crippen molar-refractivity contribution >= 4 is 21.6 Å². The summed E-state index contributed by atoms with van der Waals surface area (Å²) < 4.78 is 23.4. The van der Waals surface area contributed by atoms with Crippen molar-refractivity contribution < 1.29 is 8.42 Å². The molecule has 1 saturated heterocycles. The van der Waals surface area contributed by atoms with Crippen LogP contribution in [0.25, 0.3) is 0 Å². The average Bonchev–Trinajstić information content (AvgIpc) is 2.80. The van der Waals surface area contributed by atoms with Gasteiger partial charge in [0.05, 0.1) is 17.7 Å². The van der Waals surface area contributed by atoms with Gasteiger partial charge in [0.1, 0.15) is 0 Å². The Hall–Kier alpha value is -1.44. The average molecular weight is 327 g/mol. The lowest BCUT2D eigenvalue weighted by atomic mass is 10.1. The number of nitrogens with one attached hydrogen (secondary N) is 1. The number of sulfone groups is 1. The Morgan fingerprint density at radius 1 is 1.45 bits per heavy atom. The third kappa shape index (κ3) is 4.53. The number of anilines is 2. The first-order valence-electron chi connectivity index (χ1n) is 7.82. The van der Waals surface area contributed by atoms with Gasteiger partial charge in [-0.3, -0.25) is 0 Å². The molecule has 0 amide bonds. The van der Waals surface area contributed by atoms with E-state index in [0.29, 0.717) is 30.6 Å². The van der Waals surface area contributed by atoms with Crippen LogP contribution in [0.5, 0.6) is 0 Å². The van der Waals surface area contributed by atoms with E-state index in [1.807, 2.05) is 11.8 Å². The maximum absolute atomic E-state index is 11.7. The molecule has 1 N–H and O–H groups in total. The van der Waals surface area contributed by atoms with Crippen LogP contribution >= 0.6 is 0 Å². The van der Waals surface area contributed by atoms with Crippen molar-refractivity contribution in [3.05, 3.63) is 6.20 Å². The Balaban J connectivity index is 2.06. The van der Waals surface area contributed by atoms with Crippen LogP contribution in [-0.4, -0.2) is 54.2 Å². The van der Waals surface area contributed by atoms with Gasteiger partial charge in [-0.1, -0.05) is 13.8 Å². The normalized spacial score (nSPS) is 20.3. The molecule has 1 aliphatic heterocycles. The smallest absolute Gasteiger partial charge is 0.244 e. The van der Waals surface area contributed by atoms with Crippen molar-refractivity contribution in [3.63, 3.8) is 0 Å². The number of hydrogen-bond acceptors (Lipinski definition) is 7. The number of aromatic nitrogens is 3. The summed E-state index contributed by atoms with van der Waals surface area (Å²) in [6.07, 6.45) is 3.28. The molecule has 0 radical (unpaired) electrons. The van der Waals surface area contributed by atoms with Crippen LogP contribution < -0.4 is 10.2 Å². The Bertz CT molecular complexity index is 591. The topological polar surface area (TPSA) is 88.1 Å². The van der Waals surface area contributed by atoms with Crippen molar-refractivity contribution in [1.29, 1.82) is 0 Å². The summed E-state index contributed by atoms with van der Waals surface area (Å²) in [5, 5.41) is 11.2. The molecule has 1 aromatic heterocycles. The highest BCUT2D eigenvalue weighted by molar-refractivity contribution is 7.91. The minimum atomic E-state index is -2.91. The van der Waals surface area contributed by atoms with E-state index in [9.17, 15) is 8.42 Å². The standard InChI is InChI=1S/C14H25N5O2S/c1-4-19(12-6-8-22(20,21)10-12)13-9-16-18-14(17-13)15-7-5-11(2)3/h9,11-12H,4-8,10H2,1-3H3,(H,15,17,18). The fourth-order valence-corrected chi connectivity index (χ4v) is 4.34. The predicted octanol–water partition coefficient (Wildman–Crippen LogP) is 1.34. The highest BCUT2D eigenvalue weighted by Gasteiger charge is 2.32. The minimum Gasteiger partial charge on any atom is -0.353 e. The number of nitrogens with zero attached hydrogens (tertiary/aromatic N) is 4. The lowest BCUT2D eigenvalue weighted by Crippen LogP contribution is -2.37. The second kappa shape index (κ2) is 7.21. The van der Waals surface area contributed by atoms with Crippen molar-refractivity contribution in [2.24, 2.45) is 5.92 Å². The van der Waals surface area contributed by atoms with E-state index < -0.39 is 9.84 Å². The van der Waals surface area contributed by atoms with Gasteiger partial charge in [-0.2, -0.15) is 10.1 Å². The summed E-state index contributed by atoms with van der Waals surface area (Å²) in [7, 11) is -2.91. The van der Waals surface area contributed by atoms with Gasteiger partial charge in [-0.05, 0) is 25.7 Å². The van der Waals surface area contributed by atoms with Gasteiger partial charge in [-0.15, -0.1) is 5.10 Å². The molecular weight excluding hydrogens is 302 g/mol. The summed E-state index contributed by atoms with van der Waals surface area (Å²) in [4.78, 5) is 6.49. The molecule has 2 heterocycles. The zero-order valence-electron chi connectivity index (χ0n) is 13.5. The highest BCUT2D eigenvalue weighted by Crippen LogP contribution is 2.22. The van der Waals surface area contributed by atoms with Crippen LogP contribution in [0.3, 0.4) is 0 Å². The van der Waals surface area contributed by atoms with Crippen molar-refractivity contribution in [2.75, 3.05) is 34.8 Å². The van der Waals surface area contributed by atoms with Gasteiger partial charge >= 0.3 is 0 Å². The Kier molecular flexibility index (Phi) is 5.55. The first kappa shape index (κ1) is 16.9. The van der Waals surface area contributed by atoms with E-state index in [-0.39, 0.29) is 17.5 Å². The van der Waals surface area contributed by atoms with E-state index in [2.05, 4.69) is 34.3 Å². The number of rotatable bonds is 7. The quantitative estimate of drug-likeness (QED) is 0.808. The van der Waals surface area contributed by atoms with E-state index in [1.165, 1.54) is 0 Å². The van der Waals surface area contributed by atoms with E-state index in [1.54, 1.807) is 6.20 Å². The van der Waals surface area contributed by atoms with Crippen LogP contribution in [0.15, 0.2) is 6.20 Å². The minimum absolute atomic E-state index is 0.0183. The van der Waals surface area contributed by atoms with Crippen molar-refractivity contribution in [1.82, 2.24) is 15.2 Å². The van der Waals surface area contributed by atoms with E-state index in [4.69, 9.17) is 0 Å². The number of hydrogen-bond donors (Lipinski definition) is 1. The molecule has 22 heavy (non-hydrogen) atoms. The second-order valence-corrected chi connectivity index (χ2v) is 8.32. The lowest BCUT2D eigenvalue weighted by Gasteiger charge is -2.27. The summed E-state index contributed by atoms with van der Waals surface area (Å²) in [5.74, 6) is 2.25. The molecule has 2 rings (SSSR count). The summed E-state index contributed by atoms with van der Waals surface area (Å²) >= 11 is 0. The van der Waals surface area contributed by atoms with Crippen molar-refractivity contribution in [2.45, 2.75) is 39.7 Å². The largest absolute Gasteiger partial charge is 0.353 e. The summed E-state index contributed by atoms with van der Waals surface area (Å²) in [5.41, 5.74) is 0. The molecule has 1 aromatic rings. The zero-order chi connectivity index (χ0) is 16.2. The molecule has 124 valence electrons. The zero-order valence-corrected chi connectivity index (χ0v) is 14.3. The fourth-order valence-electron chi connectivity index (χ4n) is 2.61. The van der Waals surface area contributed by atoms with Gasteiger partial charge in [0, 0.05) is 19.1 Å². The van der Waals surface area contributed by atoms with Gasteiger partial charge in [0.15, 0.2) is 15.7 Å². The van der Waals surface area contributed by atoms with Crippen LogP contribution in [0.2, 0.25) is 0 Å². The lowest BCUT2D eigenvalue weighted by molar-refractivity contribution is 0.599. The molecule has 0 spiro atoms. The van der Waals surface area contributed by atoms with Crippen LogP contribution in [0.4, 0.5) is 11.8 Å². The predicted molar refractivity (Wildman–Crippen MR) is 87.9 cm³/mol. The summed E-state index contributed by atoms with van der Waals surface area (Å²) in [6.45, 7) is 7.82. The Morgan fingerprint density at radius 3 is 2.82 bits per heavy atom. The first-order valence-corrected chi connectivity index (χ1v) is 9.64. The molecule has 0 saturated carbocycles. The first-order chi connectivity index (χ1) is 10.4. The van der Waals surface area contributed by atoms with Gasteiger partial charge < -0.3 is 10.2 Å². The molecular formula is C14H25N5O2S. The molecule has 1 unspecified atom stereocenters. The van der Waals surface area contributed by atoms with E-state index in [0.717, 1.165) is 13.0 Å². The molecule has 1 aliphatic rings. The SMILES string of the molecule is CCN(c1cnnc(NCCC(C)C)n1)C1CCS(=O)(=O)C1. The van der Waals surface area contributed by atoms with Crippen LogP contribution in [0.1, 0.15) is 33.6 Å². The molecule has 0 aromatic carbocycles. The van der Waals surface area contributed by atoms with Gasteiger partial charge in [-0.25, -0.2) is 8.42 Å². The van der Waals surface area contributed by atoms with E-state index >= 15 is 0 Å². The summed E-state index contributed by atoms with van der Waals surface area (Å²) in [6, 6.07) is -0.0183. The van der Waals surface area contributed by atoms with Gasteiger partial charge in [0.25, 0.3) is 0 Å². The highest BCUT2D eigenvalue weighted by atomic mass is 32.2. The Morgan fingerprint density at radius 2 is 2.23 bits per heavy atom. The molecule has 1 fully saturated rings. The van der Waals surface area contributed by atoms with Crippen LogP contribution in [-0.2, 0) is 9.84 Å². The molecule has 8 heteroatoms. The third-order valence-electron chi connectivity index (χ3n) is 3.84. The third-order valence-corrected chi connectivity index (χ3v) is 5.59. The molecule has 1 atom stereocenters. The molecule has 0 aliphatic carbocycles. The van der Waals surface area contributed by atoms with Crippen molar-refractivity contribution in [3.8, 4) is 0 Å². The van der Waals surface area contributed by atoms with Crippen LogP contribution in [0, 0.1) is 5.92 Å². The Labute approximate surface area is 132 Å². The van der Waals surface area contributed by atoms with Gasteiger partial charge in [0.2, 0.25) is 5.95 Å². The maximum atomic E-state index is 11.7.